The zero-order chi connectivity index (χ0) is 22.2. The van der Waals surface area contributed by atoms with E-state index in [0.29, 0.717) is 30.0 Å². The Labute approximate surface area is 179 Å². The van der Waals surface area contributed by atoms with Crippen molar-refractivity contribution in [3.8, 4) is 11.5 Å². The highest BCUT2D eigenvalue weighted by Gasteiger charge is 2.23. The van der Waals surface area contributed by atoms with Crippen molar-refractivity contribution >= 4 is 29.6 Å². The summed E-state index contributed by atoms with van der Waals surface area (Å²) in [6.07, 6.45) is 3.89. The second kappa shape index (κ2) is 10.4. The Morgan fingerprint density at radius 2 is 1.94 bits per heavy atom. The van der Waals surface area contributed by atoms with Crippen LogP contribution in [0.1, 0.15) is 28.8 Å². The number of methoxy groups -OCH3 is 2. The predicted octanol–water partition coefficient (Wildman–Crippen LogP) is 3.22. The standard InChI is InChI=1S/C23H23NO7/c1-28-20-13-15(9-11-21(25)29-2)8-10-18(20)31-23(27)16-5-3-6-17(14-16)24-22(26)19-7-4-12-30-19/h3,5-6,8-11,13-14,19H,4,7,12H2,1-2H3,(H,24,26)/b11-9+. The summed E-state index contributed by atoms with van der Waals surface area (Å²) in [5.41, 5.74) is 1.41. The van der Waals surface area contributed by atoms with Crippen LogP contribution in [0.15, 0.2) is 48.5 Å². The first-order chi connectivity index (χ1) is 15.0. The lowest BCUT2D eigenvalue weighted by molar-refractivity contribution is -0.134. The van der Waals surface area contributed by atoms with E-state index in [9.17, 15) is 14.4 Å². The molecule has 1 saturated heterocycles. The lowest BCUT2D eigenvalue weighted by Crippen LogP contribution is -2.26. The van der Waals surface area contributed by atoms with Crippen molar-refractivity contribution < 1.29 is 33.3 Å². The fraction of sp³-hybridized carbons (Fsp3) is 0.261. The summed E-state index contributed by atoms with van der Waals surface area (Å²) in [6, 6.07) is 11.3. The average molecular weight is 425 g/mol. The molecule has 1 amide bonds. The number of carbonyl (C=O) groups is 3. The number of esters is 2. The first-order valence-electron chi connectivity index (χ1n) is 9.69. The topological polar surface area (TPSA) is 100 Å². The Kier molecular flexibility index (Phi) is 7.40. The molecule has 1 aliphatic heterocycles. The van der Waals surface area contributed by atoms with Crippen LogP contribution in [-0.4, -0.2) is 44.8 Å². The van der Waals surface area contributed by atoms with Gasteiger partial charge in [-0.2, -0.15) is 0 Å². The van der Waals surface area contributed by atoms with Gasteiger partial charge in [0.25, 0.3) is 5.91 Å². The van der Waals surface area contributed by atoms with Gasteiger partial charge in [0.05, 0.1) is 19.8 Å². The van der Waals surface area contributed by atoms with Gasteiger partial charge < -0.3 is 24.3 Å². The predicted molar refractivity (Wildman–Crippen MR) is 113 cm³/mol. The highest BCUT2D eigenvalue weighted by molar-refractivity contribution is 5.97. The lowest BCUT2D eigenvalue weighted by Gasteiger charge is -2.12. The third kappa shape index (κ3) is 5.93. The second-order valence-corrected chi connectivity index (χ2v) is 6.73. The number of rotatable bonds is 7. The quantitative estimate of drug-likeness (QED) is 0.413. The molecule has 1 fully saturated rings. The normalized spacial score (nSPS) is 15.5. The van der Waals surface area contributed by atoms with E-state index < -0.39 is 18.0 Å². The molecular formula is C23H23NO7. The molecule has 1 heterocycles. The number of hydrogen-bond acceptors (Lipinski definition) is 7. The zero-order valence-electron chi connectivity index (χ0n) is 17.3. The molecule has 1 N–H and O–H groups in total. The number of amides is 1. The minimum atomic E-state index is -0.607. The monoisotopic (exact) mass is 425 g/mol. The molecule has 162 valence electrons. The van der Waals surface area contributed by atoms with Crippen LogP contribution >= 0.6 is 0 Å². The van der Waals surface area contributed by atoms with E-state index in [4.69, 9.17) is 14.2 Å². The molecule has 1 unspecified atom stereocenters. The Hall–Kier alpha value is -3.65. The van der Waals surface area contributed by atoms with E-state index in [2.05, 4.69) is 10.1 Å². The van der Waals surface area contributed by atoms with Crippen molar-refractivity contribution in [3.63, 3.8) is 0 Å². The third-order valence-electron chi connectivity index (χ3n) is 4.59. The molecular weight excluding hydrogens is 402 g/mol. The van der Waals surface area contributed by atoms with E-state index in [1.807, 2.05) is 0 Å². The molecule has 8 nitrogen and oxygen atoms in total. The van der Waals surface area contributed by atoms with Crippen molar-refractivity contribution in [3.05, 3.63) is 59.7 Å². The maximum atomic E-state index is 12.6. The second-order valence-electron chi connectivity index (χ2n) is 6.73. The number of ether oxygens (including phenoxy) is 4. The van der Waals surface area contributed by atoms with Crippen molar-refractivity contribution in [2.45, 2.75) is 18.9 Å². The van der Waals surface area contributed by atoms with E-state index in [0.717, 1.165) is 6.42 Å². The molecule has 2 aromatic carbocycles. The Bertz CT molecular complexity index is 993. The van der Waals surface area contributed by atoms with Crippen molar-refractivity contribution in [2.24, 2.45) is 0 Å². The summed E-state index contributed by atoms with van der Waals surface area (Å²) < 4.78 is 20.7. The zero-order valence-corrected chi connectivity index (χ0v) is 17.3. The largest absolute Gasteiger partial charge is 0.493 e. The molecule has 8 heteroatoms. The van der Waals surface area contributed by atoms with Crippen molar-refractivity contribution in [1.82, 2.24) is 0 Å². The van der Waals surface area contributed by atoms with Crippen molar-refractivity contribution in [1.29, 1.82) is 0 Å². The number of carbonyl (C=O) groups excluding carboxylic acids is 3. The molecule has 1 atom stereocenters. The Balaban J connectivity index is 1.70. The van der Waals surface area contributed by atoms with E-state index >= 15 is 0 Å². The highest BCUT2D eigenvalue weighted by Crippen LogP contribution is 2.29. The highest BCUT2D eigenvalue weighted by atomic mass is 16.6. The summed E-state index contributed by atoms with van der Waals surface area (Å²) in [4.78, 5) is 36.1. The van der Waals surface area contributed by atoms with Crippen LogP contribution in [0.4, 0.5) is 5.69 Å². The molecule has 1 aliphatic rings. The van der Waals surface area contributed by atoms with Crippen LogP contribution in [0, 0.1) is 0 Å². The maximum absolute atomic E-state index is 12.6. The average Bonchev–Trinajstić information content (AvgIpc) is 3.33. The van der Waals surface area contributed by atoms with Gasteiger partial charge in [0.2, 0.25) is 0 Å². The molecule has 0 radical (unpaired) electrons. The minimum Gasteiger partial charge on any atom is -0.493 e. The fourth-order valence-corrected chi connectivity index (χ4v) is 2.99. The maximum Gasteiger partial charge on any atom is 0.343 e. The fourth-order valence-electron chi connectivity index (χ4n) is 2.99. The van der Waals surface area contributed by atoms with Crippen LogP contribution in [-0.2, 0) is 19.1 Å². The number of nitrogens with one attached hydrogen (secondary N) is 1. The molecule has 31 heavy (non-hydrogen) atoms. The lowest BCUT2D eigenvalue weighted by atomic mass is 10.1. The van der Waals surface area contributed by atoms with Crippen LogP contribution in [0.2, 0.25) is 0 Å². The van der Waals surface area contributed by atoms with E-state index in [-0.39, 0.29) is 17.2 Å². The summed E-state index contributed by atoms with van der Waals surface area (Å²) in [5, 5.41) is 2.76. The minimum absolute atomic E-state index is 0.219. The van der Waals surface area contributed by atoms with Crippen LogP contribution in [0.3, 0.4) is 0 Å². The van der Waals surface area contributed by atoms with Gasteiger partial charge in [0, 0.05) is 18.4 Å². The molecule has 0 aromatic heterocycles. The van der Waals surface area contributed by atoms with Gasteiger partial charge in [-0.15, -0.1) is 0 Å². The number of benzene rings is 2. The van der Waals surface area contributed by atoms with Gasteiger partial charge >= 0.3 is 11.9 Å². The summed E-state index contributed by atoms with van der Waals surface area (Å²) in [7, 11) is 2.74. The van der Waals surface area contributed by atoms with Crippen LogP contribution < -0.4 is 14.8 Å². The van der Waals surface area contributed by atoms with Gasteiger partial charge in [-0.05, 0) is 54.8 Å². The van der Waals surface area contributed by atoms with E-state index in [1.165, 1.54) is 26.4 Å². The van der Waals surface area contributed by atoms with Gasteiger partial charge in [0.15, 0.2) is 11.5 Å². The number of anilines is 1. The molecule has 0 bridgehead atoms. The van der Waals surface area contributed by atoms with Gasteiger partial charge in [0.1, 0.15) is 6.10 Å². The van der Waals surface area contributed by atoms with Crippen LogP contribution in [0.25, 0.3) is 6.08 Å². The first kappa shape index (κ1) is 22.0. The molecule has 3 rings (SSSR count). The van der Waals surface area contributed by atoms with Crippen molar-refractivity contribution in [2.75, 3.05) is 26.1 Å². The van der Waals surface area contributed by atoms with Gasteiger partial charge in [-0.3, -0.25) is 4.79 Å². The smallest absolute Gasteiger partial charge is 0.343 e. The molecule has 2 aromatic rings. The molecule has 0 aliphatic carbocycles. The Morgan fingerprint density at radius 3 is 2.65 bits per heavy atom. The Morgan fingerprint density at radius 1 is 1.10 bits per heavy atom. The first-order valence-corrected chi connectivity index (χ1v) is 9.69. The third-order valence-corrected chi connectivity index (χ3v) is 4.59. The molecule has 0 saturated carbocycles. The SMILES string of the molecule is COC(=O)/C=C/c1ccc(OC(=O)c2cccc(NC(=O)C3CCCO3)c2)c(OC)c1. The van der Waals surface area contributed by atoms with Crippen LogP contribution in [0.5, 0.6) is 11.5 Å². The molecule has 0 spiro atoms. The summed E-state index contributed by atoms with van der Waals surface area (Å²) >= 11 is 0. The summed E-state index contributed by atoms with van der Waals surface area (Å²) in [6.45, 7) is 0.573. The summed E-state index contributed by atoms with van der Waals surface area (Å²) in [5.74, 6) is -0.787. The number of hydrogen-bond donors (Lipinski definition) is 1. The van der Waals surface area contributed by atoms with E-state index in [1.54, 1.807) is 42.5 Å². The van der Waals surface area contributed by atoms with Gasteiger partial charge in [-0.25, -0.2) is 9.59 Å². The van der Waals surface area contributed by atoms with Gasteiger partial charge in [-0.1, -0.05) is 12.1 Å².